The highest BCUT2D eigenvalue weighted by Gasteiger charge is 2.24. The molecule has 9 aromatic carbocycles. The van der Waals surface area contributed by atoms with Crippen LogP contribution in [0, 0.1) is 0 Å². The Morgan fingerprint density at radius 2 is 0.742 bits per heavy atom. The van der Waals surface area contributed by atoms with Gasteiger partial charge in [0, 0.05) is 38.4 Å². The van der Waals surface area contributed by atoms with Gasteiger partial charge in [0.25, 0.3) is 0 Å². The summed E-state index contributed by atoms with van der Waals surface area (Å²) in [5.74, 6) is 1.78. The van der Waals surface area contributed by atoms with Gasteiger partial charge in [-0.3, -0.25) is 4.57 Å². The molecule has 5 nitrogen and oxygen atoms in total. The molecule has 0 radical (unpaired) electrons. The van der Waals surface area contributed by atoms with E-state index < -0.39 is 0 Å². The third-order valence-corrected chi connectivity index (χ3v) is 12.0. The topological polar surface area (TPSA) is 48.5 Å². The van der Waals surface area contributed by atoms with Gasteiger partial charge in [-0.2, -0.15) is 9.97 Å². The summed E-state index contributed by atoms with van der Waals surface area (Å²) < 4.78 is 4.67. The maximum Gasteiger partial charge on any atom is 0.238 e. The lowest BCUT2D eigenvalue weighted by molar-refractivity contribution is 0.953. The van der Waals surface area contributed by atoms with E-state index in [-0.39, 0.29) is 0 Å². The van der Waals surface area contributed by atoms with Crippen molar-refractivity contribution in [1.29, 1.82) is 0 Å². The number of fused-ring (bicyclic) bond motifs is 7. The molecule has 0 aliphatic heterocycles. The fraction of sp³-hybridized carbons (Fsp3) is 0. The SMILES string of the molecule is c1ccc(-c2cccc(-c3ccc(-n4c5ccccc5c5ccc6c7ccccc7n(-c7nc(-c8ccccc8)nc(-c8ccccc8-c8ccccc8)n7)c6c54)cc3)c2)cc1. The highest BCUT2D eigenvalue weighted by molar-refractivity contribution is 6.23. The average molecular weight is 792 g/mol. The zero-order chi connectivity index (χ0) is 41.0. The second-order valence-electron chi connectivity index (χ2n) is 15.6. The third kappa shape index (κ3) is 5.90. The van der Waals surface area contributed by atoms with Crippen molar-refractivity contribution < 1.29 is 0 Å². The van der Waals surface area contributed by atoms with E-state index in [0.29, 0.717) is 17.6 Å². The van der Waals surface area contributed by atoms with Gasteiger partial charge in [0.2, 0.25) is 5.95 Å². The number of benzene rings is 9. The van der Waals surface area contributed by atoms with Gasteiger partial charge in [-0.15, -0.1) is 0 Å². The maximum absolute atomic E-state index is 5.43. The lowest BCUT2D eigenvalue weighted by Gasteiger charge is -2.15. The molecule has 0 N–H and O–H groups in total. The first-order valence-corrected chi connectivity index (χ1v) is 21.0. The van der Waals surface area contributed by atoms with Crippen molar-refractivity contribution in [3.63, 3.8) is 0 Å². The molecule has 0 saturated heterocycles. The molecule has 0 bridgehead atoms. The van der Waals surface area contributed by atoms with E-state index in [0.717, 1.165) is 71.7 Å². The van der Waals surface area contributed by atoms with Gasteiger partial charge >= 0.3 is 0 Å². The first-order valence-electron chi connectivity index (χ1n) is 21.0. The molecule has 62 heavy (non-hydrogen) atoms. The molecule has 3 aromatic heterocycles. The van der Waals surface area contributed by atoms with E-state index >= 15 is 0 Å². The van der Waals surface area contributed by atoms with Crippen molar-refractivity contribution in [2.24, 2.45) is 0 Å². The number of para-hydroxylation sites is 2. The minimum absolute atomic E-state index is 0.556. The van der Waals surface area contributed by atoms with Crippen molar-refractivity contribution >= 4 is 43.6 Å². The highest BCUT2D eigenvalue weighted by Crippen LogP contribution is 2.42. The smallest absolute Gasteiger partial charge is 0.238 e. The normalized spacial score (nSPS) is 11.5. The molecule has 3 heterocycles. The highest BCUT2D eigenvalue weighted by atomic mass is 15.2. The predicted octanol–water partition coefficient (Wildman–Crippen LogP) is 14.4. The first kappa shape index (κ1) is 35.5. The molecule has 0 fully saturated rings. The van der Waals surface area contributed by atoms with Crippen LogP contribution in [-0.2, 0) is 0 Å². The van der Waals surface area contributed by atoms with Crippen LogP contribution in [0.2, 0.25) is 0 Å². The van der Waals surface area contributed by atoms with Gasteiger partial charge in [0.05, 0.1) is 22.1 Å². The van der Waals surface area contributed by atoms with Gasteiger partial charge in [0.15, 0.2) is 11.6 Å². The Morgan fingerprint density at radius 1 is 0.274 bits per heavy atom. The fourth-order valence-corrected chi connectivity index (χ4v) is 9.14. The van der Waals surface area contributed by atoms with Crippen LogP contribution in [0.15, 0.2) is 224 Å². The van der Waals surface area contributed by atoms with Crippen molar-refractivity contribution in [3.8, 4) is 67.8 Å². The van der Waals surface area contributed by atoms with Gasteiger partial charge in [0.1, 0.15) is 0 Å². The van der Waals surface area contributed by atoms with Crippen LogP contribution in [-0.4, -0.2) is 24.1 Å². The second kappa shape index (κ2) is 14.7. The number of nitrogens with zero attached hydrogens (tertiary/aromatic N) is 5. The molecule has 0 amide bonds. The van der Waals surface area contributed by atoms with Gasteiger partial charge in [-0.1, -0.05) is 194 Å². The summed E-state index contributed by atoms with van der Waals surface area (Å²) >= 11 is 0. The molecule has 12 aromatic rings. The molecular formula is C57H37N5. The molecule has 0 saturated carbocycles. The van der Waals surface area contributed by atoms with Crippen molar-refractivity contribution in [2.75, 3.05) is 0 Å². The molecule has 5 heteroatoms. The van der Waals surface area contributed by atoms with Crippen LogP contribution >= 0.6 is 0 Å². The molecular weight excluding hydrogens is 755 g/mol. The minimum atomic E-state index is 0.556. The Hall–Kier alpha value is -8.41. The lowest BCUT2D eigenvalue weighted by atomic mass is 9.99. The molecule has 0 aliphatic carbocycles. The maximum atomic E-state index is 5.43. The van der Waals surface area contributed by atoms with E-state index in [1.54, 1.807) is 0 Å². The average Bonchev–Trinajstić information content (AvgIpc) is 3.88. The summed E-state index contributed by atoms with van der Waals surface area (Å²) in [7, 11) is 0. The standard InChI is InChI=1S/C57H37N5/c1-4-17-38(18-5-1)42-23-16-24-43(37-42)39-31-33-44(34-32-39)61-51-29-14-12-26-46(51)48-35-36-49-47-27-13-15-30-52(47)62(54(49)53(48)61)57-59-55(41-21-8-3-9-22-41)58-56(60-57)50-28-11-10-25-45(50)40-19-6-2-7-20-40/h1-37H. The number of rotatable bonds is 7. The second-order valence-corrected chi connectivity index (χ2v) is 15.6. The first-order chi connectivity index (χ1) is 30.8. The molecule has 0 aliphatic rings. The van der Waals surface area contributed by atoms with Crippen molar-refractivity contribution in [3.05, 3.63) is 224 Å². The zero-order valence-electron chi connectivity index (χ0n) is 33.6. The zero-order valence-corrected chi connectivity index (χ0v) is 33.6. The van der Waals surface area contributed by atoms with Crippen LogP contribution in [0.5, 0.6) is 0 Å². The largest absolute Gasteiger partial charge is 0.307 e. The van der Waals surface area contributed by atoms with Gasteiger partial charge < -0.3 is 4.57 Å². The van der Waals surface area contributed by atoms with Crippen LogP contribution in [0.3, 0.4) is 0 Å². The number of hydrogen-bond donors (Lipinski definition) is 0. The fourth-order valence-electron chi connectivity index (χ4n) is 9.14. The molecule has 0 atom stereocenters. The monoisotopic (exact) mass is 791 g/mol. The van der Waals surface area contributed by atoms with E-state index in [1.807, 2.05) is 24.3 Å². The van der Waals surface area contributed by atoms with E-state index in [1.165, 1.54) is 22.1 Å². The predicted molar refractivity (Wildman–Crippen MR) is 256 cm³/mol. The summed E-state index contributed by atoms with van der Waals surface area (Å²) in [6.07, 6.45) is 0. The Labute approximate surface area is 358 Å². The lowest BCUT2D eigenvalue weighted by Crippen LogP contribution is -2.07. The summed E-state index contributed by atoms with van der Waals surface area (Å²) in [6, 6.07) is 79.2. The molecule has 290 valence electrons. The van der Waals surface area contributed by atoms with Gasteiger partial charge in [-0.05, 0) is 63.7 Å². The van der Waals surface area contributed by atoms with Crippen molar-refractivity contribution in [2.45, 2.75) is 0 Å². The summed E-state index contributed by atoms with van der Waals surface area (Å²) in [4.78, 5) is 16.0. The quantitative estimate of drug-likeness (QED) is 0.162. The van der Waals surface area contributed by atoms with Crippen molar-refractivity contribution in [1.82, 2.24) is 24.1 Å². The van der Waals surface area contributed by atoms with Crippen LogP contribution in [0.1, 0.15) is 0 Å². The molecule has 0 spiro atoms. The van der Waals surface area contributed by atoms with Crippen LogP contribution in [0.25, 0.3) is 111 Å². The molecule has 12 rings (SSSR count). The third-order valence-electron chi connectivity index (χ3n) is 12.0. The number of hydrogen-bond acceptors (Lipinski definition) is 3. The van der Waals surface area contributed by atoms with Gasteiger partial charge in [-0.25, -0.2) is 4.98 Å². The number of aromatic nitrogens is 5. The minimum Gasteiger partial charge on any atom is -0.307 e. The Bertz CT molecular complexity index is 3610. The Morgan fingerprint density at radius 3 is 1.39 bits per heavy atom. The van der Waals surface area contributed by atoms with Crippen LogP contribution < -0.4 is 0 Å². The summed E-state index contributed by atoms with van der Waals surface area (Å²) in [5, 5.41) is 4.59. The summed E-state index contributed by atoms with van der Waals surface area (Å²) in [6.45, 7) is 0. The van der Waals surface area contributed by atoms with E-state index in [9.17, 15) is 0 Å². The van der Waals surface area contributed by atoms with E-state index in [2.05, 4.69) is 209 Å². The summed E-state index contributed by atoms with van der Waals surface area (Å²) in [5.41, 5.74) is 14.1. The van der Waals surface area contributed by atoms with E-state index in [4.69, 9.17) is 15.0 Å². The molecule has 0 unspecified atom stereocenters. The Balaban J connectivity index is 1.12. The Kier molecular flexibility index (Phi) is 8.42. The van der Waals surface area contributed by atoms with Crippen LogP contribution in [0.4, 0.5) is 0 Å².